The molecule has 0 bridgehead atoms. The van der Waals surface area contributed by atoms with E-state index >= 15 is 0 Å². The van der Waals surface area contributed by atoms with Gasteiger partial charge in [-0.15, -0.1) is 5.10 Å². The highest BCUT2D eigenvalue weighted by molar-refractivity contribution is 6.31. The Bertz CT molecular complexity index is 1380. The maximum atomic E-state index is 12.7. The number of carbonyl (C=O) groups excluding carboxylic acids is 1. The second-order valence-corrected chi connectivity index (χ2v) is 8.41. The van der Waals surface area contributed by atoms with Crippen LogP contribution in [0.15, 0.2) is 78.9 Å². The molecule has 0 saturated carbocycles. The van der Waals surface area contributed by atoms with Gasteiger partial charge in [-0.2, -0.15) is 4.98 Å². The number of hydrogen-bond acceptors (Lipinski definition) is 5. The normalized spacial score (nSPS) is 14.6. The van der Waals surface area contributed by atoms with Gasteiger partial charge in [-0.25, -0.2) is 4.68 Å². The van der Waals surface area contributed by atoms with Crippen LogP contribution in [0.1, 0.15) is 27.5 Å². The Balaban J connectivity index is 1.49. The number of nitrogens with zero attached hydrogens (tertiary/aromatic N) is 3. The Labute approximate surface area is 206 Å². The number of benzene rings is 3. The van der Waals surface area contributed by atoms with Crippen molar-refractivity contribution in [3.05, 3.63) is 106 Å². The number of rotatable bonds is 5. The molecule has 0 saturated heterocycles. The van der Waals surface area contributed by atoms with E-state index in [0.717, 1.165) is 16.8 Å². The van der Waals surface area contributed by atoms with Gasteiger partial charge in [0.2, 0.25) is 5.95 Å². The Morgan fingerprint density at radius 3 is 2.47 bits per heavy atom. The number of hydrogen-bond donors (Lipinski definition) is 2. The minimum atomic E-state index is -0.338. The van der Waals surface area contributed by atoms with Crippen molar-refractivity contribution in [2.24, 2.45) is 0 Å². The van der Waals surface area contributed by atoms with Gasteiger partial charge >= 0.3 is 0 Å². The molecule has 1 amide bonds. The molecule has 3 aromatic carbocycles. The Hall–Kier alpha value is -3.81. The fourth-order valence-electron chi connectivity index (χ4n) is 3.70. The van der Waals surface area contributed by atoms with Gasteiger partial charge in [0.05, 0.1) is 7.11 Å². The molecule has 1 aliphatic heterocycles. The number of fused-ring (bicyclic) bond motifs is 1. The van der Waals surface area contributed by atoms with Gasteiger partial charge in [0.25, 0.3) is 11.9 Å². The molecular formula is C25H19Cl2N5O2. The lowest BCUT2D eigenvalue weighted by Crippen LogP contribution is -2.20. The zero-order valence-corrected chi connectivity index (χ0v) is 19.5. The second kappa shape index (κ2) is 9.21. The van der Waals surface area contributed by atoms with Crippen LogP contribution in [0.4, 0.5) is 11.9 Å². The van der Waals surface area contributed by atoms with Crippen molar-refractivity contribution in [3.8, 4) is 5.75 Å². The molecule has 0 radical (unpaired) electrons. The molecule has 9 heteroatoms. The van der Waals surface area contributed by atoms with Gasteiger partial charge in [-0.05, 0) is 59.7 Å². The molecule has 7 nitrogen and oxygen atoms in total. The van der Waals surface area contributed by atoms with Crippen LogP contribution in [0.25, 0.3) is 5.70 Å². The quantitative estimate of drug-likeness (QED) is 0.363. The van der Waals surface area contributed by atoms with Gasteiger partial charge in [0, 0.05) is 21.3 Å². The summed E-state index contributed by atoms with van der Waals surface area (Å²) in [6.45, 7) is 0. The summed E-state index contributed by atoms with van der Waals surface area (Å²) in [5.41, 5.74) is 3.08. The molecule has 170 valence electrons. The summed E-state index contributed by atoms with van der Waals surface area (Å²) in [5.74, 6) is 0.985. The third-order valence-corrected chi connectivity index (χ3v) is 6.02. The molecule has 2 N–H and O–H groups in total. The number of methoxy groups -OCH3 is 1. The zero-order valence-electron chi connectivity index (χ0n) is 18.0. The van der Waals surface area contributed by atoms with Crippen molar-refractivity contribution in [3.63, 3.8) is 0 Å². The third-order valence-electron chi connectivity index (χ3n) is 5.42. The van der Waals surface area contributed by atoms with Crippen LogP contribution < -0.4 is 15.4 Å². The number of aromatic nitrogens is 3. The molecule has 4 aromatic rings. The van der Waals surface area contributed by atoms with Gasteiger partial charge in [0.1, 0.15) is 11.8 Å². The average molecular weight is 492 g/mol. The maximum absolute atomic E-state index is 12.7. The van der Waals surface area contributed by atoms with Crippen LogP contribution in [0.5, 0.6) is 5.75 Å². The van der Waals surface area contributed by atoms with Crippen molar-refractivity contribution in [1.29, 1.82) is 0 Å². The molecule has 1 aromatic heterocycles. The van der Waals surface area contributed by atoms with E-state index in [-0.39, 0.29) is 17.9 Å². The predicted octanol–water partition coefficient (Wildman–Crippen LogP) is 5.90. The lowest BCUT2D eigenvalue weighted by atomic mass is 10.0. The summed E-state index contributed by atoms with van der Waals surface area (Å²) in [5, 5.41) is 11.9. The molecule has 2 heterocycles. The first-order chi connectivity index (χ1) is 16.5. The monoisotopic (exact) mass is 491 g/mol. The molecule has 1 aliphatic rings. The standard InChI is InChI=1S/C25H19Cl2N5O2/c1-34-18-12-8-16(9-13-18)23(33)29-24-30-25-28-21(15-6-10-17(26)11-7-15)14-22(32(25)31-24)19-4-2-3-5-20(19)27/h2-14,22H,1H3,(H2,28,29,30,31,33)/t22-/m0/s1. The van der Waals surface area contributed by atoms with E-state index in [1.54, 1.807) is 36.1 Å². The SMILES string of the molecule is COc1ccc(C(=O)Nc2nc3n(n2)[C@H](c2ccccc2Cl)C=C(c2ccc(Cl)cc2)N3)cc1. The number of carbonyl (C=O) groups is 1. The van der Waals surface area contributed by atoms with Crippen molar-refractivity contribution in [2.75, 3.05) is 17.7 Å². The number of ether oxygens (including phenoxy) is 1. The summed E-state index contributed by atoms with van der Waals surface area (Å²) >= 11 is 12.6. The number of nitrogens with one attached hydrogen (secondary N) is 2. The Morgan fingerprint density at radius 2 is 1.76 bits per heavy atom. The van der Waals surface area contributed by atoms with Crippen LogP contribution in [0.3, 0.4) is 0 Å². The van der Waals surface area contributed by atoms with Gasteiger partial charge in [-0.1, -0.05) is 53.5 Å². The number of amides is 1. The first-order valence-corrected chi connectivity index (χ1v) is 11.2. The van der Waals surface area contributed by atoms with E-state index < -0.39 is 0 Å². The zero-order chi connectivity index (χ0) is 23.7. The largest absolute Gasteiger partial charge is 0.497 e. The lowest BCUT2D eigenvalue weighted by Gasteiger charge is -2.24. The van der Waals surface area contributed by atoms with Crippen LogP contribution in [-0.2, 0) is 0 Å². The molecule has 0 fully saturated rings. The summed E-state index contributed by atoms with van der Waals surface area (Å²) in [4.78, 5) is 17.3. The highest BCUT2D eigenvalue weighted by Gasteiger charge is 2.27. The fraction of sp³-hybridized carbons (Fsp3) is 0.0800. The molecule has 5 rings (SSSR count). The van der Waals surface area contributed by atoms with Gasteiger partial charge in [-0.3, -0.25) is 10.1 Å². The van der Waals surface area contributed by atoms with Crippen LogP contribution >= 0.6 is 23.2 Å². The summed E-state index contributed by atoms with van der Waals surface area (Å²) in [7, 11) is 1.57. The molecular weight excluding hydrogens is 473 g/mol. The van der Waals surface area contributed by atoms with E-state index in [0.29, 0.717) is 27.3 Å². The highest BCUT2D eigenvalue weighted by Crippen LogP contribution is 2.36. The van der Waals surface area contributed by atoms with E-state index in [2.05, 4.69) is 20.7 Å². The highest BCUT2D eigenvalue weighted by atomic mass is 35.5. The summed E-state index contributed by atoms with van der Waals surface area (Å²) in [6.07, 6.45) is 2.02. The lowest BCUT2D eigenvalue weighted by molar-refractivity contribution is 0.102. The minimum Gasteiger partial charge on any atom is -0.497 e. The molecule has 0 spiro atoms. The van der Waals surface area contributed by atoms with E-state index in [4.69, 9.17) is 27.9 Å². The smallest absolute Gasteiger partial charge is 0.258 e. The van der Waals surface area contributed by atoms with E-state index in [9.17, 15) is 4.79 Å². The predicted molar refractivity (Wildman–Crippen MR) is 134 cm³/mol. The first kappa shape index (κ1) is 22.0. The van der Waals surface area contributed by atoms with Crippen LogP contribution in [-0.4, -0.2) is 27.8 Å². The Kier molecular flexibility index (Phi) is 5.96. The van der Waals surface area contributed by atoms with Crippen LogP contribution in [0.2, 0.25) is 10.0 Å². The van der Waals surface area contributed by atoms with Crippen molar-refractivity contribution < 1.29 is 9.53 Å². The second-order valence-electron chi connectivity index (χ2n) is 7.56. The van der Waals surface area contributed by atoms with Crippen molar-refractivity contribution in [2.45, 2.75) is 6.04 Å². The summed E-state index contributed by atoms with van der Waals surface area (Å²) < 4.78 is 6.85. The van der Waals surface area contributed by atoms with Crippen molar-refractivity contribution in [1.82, 2.24) is 14.8 Å². The number of halogens is 2. The van der Waals surface area contributed by atoms with Crippen LogP contribution in [0, 0.1) is 0 Å². The summed E-state index contributed by atoms with van der Waals surface area (Å²) in [6, 6.07) is 21.5. The maximum Gasteiger partial charge on any atom is 0.258 e. The van der Waals surface area contributed by atoms with E-state index in [1.807, 2.05) is 54.6 Å². The topological polar surface area (TPSA) is 81.1 Å². The molecule has 0 unspecified atom stereocenters. The van der Waals surface area contributed by atoms with Gasteiger partial charge in [0.15, 0.2) is 0 Å². The third kappa shape index (κ3) is 4.35. The van der Waals surface area contributed by atoms with Crippen molar-refractivity contribution >= 4 is 46.7 Å². The molecule has 0 aliphatic carbocycles. The number of allylic oxidation sites excluding steroid dienone is 1. The average Bonchev–Trinajstić information content (AvgIpc) is 3.26. The van der Waals surface area contributed by atoms with E-state index in [1.165, 1.54) is 0 Å². The minimum absolute atomic E-state index is 0.172. The number of anilines is 2. The molecule has 34 heavy (non-hydrogen) atoms. The first-order valence-electron chi connectivity index (χ1n) is 10.4. The molecule has 1 atom stereocenters. The Morgan fingerprint density at radius 1 is 1.03 bits per heavy atom. The van der Waals surface area contributed by atoms with Gasteiger partial charge < -0.3 is 10.1 Å². The fourth-order valence-corrected chi connectivity index (χ4v) is 4.07.